The molecule has 1 aromatic carbocycles. The Morgan fingerprint density at radius 1 is 1.39 bits per heavy atom. The van der Waals surface area contributed by atoms with Gasteiger partial charge in [-0.3, -0.25) is 0 Å². The van der Waals surface area contributed by atoms with Crippen molar-refractivity contribution in [1.82, 2.24) is 14.7 Å². The lowest BCUT2D eigenvalue weighted by atomic mass is 10.2. The number of aromatic nitrogens is 2. The molecular weight excluding hydrogens is 269 g/mol. The van der Waals surface area contributed by atoms with E-state index in [4.69, 9.17) is 0 Å². The highest BCUT2D eigenvalue weighted by Gasteiger charge is 2.06. The lowest BCUT2D eigenvalue weighted by Gasteiger charge is -2.05. The largest absolute Gasteiger partial charge is 0.313 e. The second kappa shape index (κ2) is 6.26. The first-order chi connectivity index (χ1) is 8.67. The molecule has 0 aliphatic heterocycles. The van der Waals surface area contributed by atoms with Crippen LogP contribution in [0.15, 0.2) is 27.4 Å². The highest BCUT2D eigenvalue weighted by atomic mass is 32.2. The van der Waals surface area contributed by atoms with Crippen molar-refractivity contribution >= 4 is 23.3 Å². The molecular formula is C12H14FN3S2. The smallest absolute Gasteiger partial charge is 0.174 e. The zero-order valence-corrected chi connectivity index (χ0v) is 11.9. The average molecular weight is 283 g/mol. The number of nitrogens with one attached hydrogen (secondary N) is 1. The molecule has 2 rings (SSSR count). The molecule has 0 spiro atoms. The van der Waals surface area contributed by atoms with Crippen molar-refractivity contribution in [3.8, 4) is 0 Å². The number of halogens is 1. The number of rotatable bonds is 5. The van der Waals surface area contributed by atoms with Crippen molar-refractivity contribution in [3.63, 3.8) is 0 Å². The Bertz CT molecular complexity index is 528. The van der Waals surface area contributed by atoms with E-state index in [-0.39, 0.29) is 5.82 Å². The minimum atomic E-state index is -0.214. The third-order valence-electron chi connectivity index (χ3n) is 2.22. The Labute approximate surface area is 114 Å². The average Bonchev–Trinajstić information content (AvgIpc) is 2.71. The van der Waals surface area contributed by atoms with Gasteiger partial charge in [-0.1, -0.05) is 18.7 Å². The van der Waals surface area contributed by atoms with E-state index in [2.05, 4.69) is 14.7 Å². The van der Waals surface area contributed by atoms with Gasteiger partial charge in [-0.2, -0.15) is 4.37 Å². The van der Waals surface area contributed by atoms with Gasteiger partial charge in [0.1, 0.15) is 11.6 Å². The summed E-state index contributed by atoms with van der Waals surface area (Å²) < 4.78 is 18.4. The SMILES string of the molecule is CCNCc1cc(F)cc(Sc2nc(C)ns2)c1. The van der Waals surface area contributed by atoms with Crippen LogP contribution in [0.25, 0.3) is 0 Å². The van der Waals surface area contributed by atoms with Gasteiger partial charge < -0.3 is 5.32 Å². The molecule has 1 aromatic heterocycles. The van der Waals surface area contributed by atoms with E-state index < -0.39 is 0 Å². The number of hydrogen-bond donors (Lipinski definition) is 1. The van der Waals surface area contributed by atoms with E-state index in [1.165, 1.54) is 29.4 Å². The summed E-state index contributed by atoms with van der Waals surface area (Å²) in [6.45, 7) is 5.42. The molecule has 6 heteroatoms. The van der Waals surface area contributed by atoms with E-state index >= 15 is 0 Å². The highest BCUT2D eigenvalue weighted by Crippen LogP contribution is 2.30. The summed E-state index contributed by atoms with van der Waals surface area (Å²) in [4.78, 5) is 5.12. The maximum atomic E-state index is 13.5. The summed E-state index contributed by atoms with van der Waals surface area (Å²) in [6.07, 6.45) is 0. The molecule has 3 nitrogen and oxygen atoms in total. The summed E-state index contributed by atoms with van der Waals surface area (Å²) >= 11 is 2.79. The van der Waals surface area contributed by atoms with Crippen LogP contribution < -0.4 is 5.32 Å². The van der Waals surface area contributed by atoms with Gasteiger partial charge in [0.25, 0.3) is 0 Å². The molecule has 96 valence electrons. The van der Waals surface area contributed by atoms with Crippen LogP contribution in [0.5, 0.6) is 0 Å². The molecule has 0 saturated carbocycles. The maximum absolute atomic E-state index is 13.5. The Kier molecular flexibility index (Phi) is 4.68. The molecule has 0 fully saturated rings. The number of aryl methyl sites for hydroxylation is 1. The Morgan fingerprint density at radius 3 is 2.89 bits per heavy atom. The fraction of sp³-hybridized carbons (Fsp3) is 0.333. The predicted octanol–water partition coefficient (Wildman–Crippen LogP) is 3.25. The van der Waals surface area contributed by atoms with E-state index in [0.717, 1.165) is 27.2 Å². The Morgan fingerprint density at radius 2 is 2.22 bits per heavy atom. The first-order valence-electron chi connectivity index (χ1n) is 5.65. The van der Waals surface area contributed by atoms with Gasteiger partial charge in [0.05, 0.1) is 0 Å². The molecule has 18 heavy (non-hydrogen) atoms. The predicted molar refractivity (Wildman–Crippen MR) is 72.5 cm³/mol. The monoisotopic (exact) mass is 283 g/mol. The van der Waals surface area contributed by atoms with Crippen LogP contribution in [0.4, 0.5) is 4.39 Å². The van der Waals surface area contributed by atoms with Gasteiger partial charge in [-0.15, -0.1) is 0 Å². The topological polar surface area (TPSA) is 37.8 Å². The second-order valence-electron chi connectivity index (χ2n) is 3.79. The fourth-order valence-electron chi connectivity index (χ4n) is 1.47. The first-order valence-corrected chi connectivity index (χ1v) is 7.24. The van der Waals surface area contributed by atoms with Gasteiger partial charge in [-0.25, -0.2) is 9.37 Å². The molecule has 2 aromatic rings. The lowest BCUT2D eigenvalue weighted by molar-refractivity contribution is 0.617. The molecule has 0 bridgehead atoms. The minimum Gasteiger partial charge on any atom is -0.313 e. The minimum absolute atomic E-state index is 0.214. The van der Waals surface area contributed by atoms with Gasteiger partial charge in [-0.05, 0) is 48.8 Å². The summed E-state index contributed by atoms with van der Waals surface area (Å²) in [5.74, 6) is 0.543. The van der Waals surface area contributed by atoms with Gasteiger partial charge in [0.2, 0.25) is 0 Å². The van der Waals surface area contributed by atoms with Crippen LogP contribution in [-0.4, -0.2) is 15.9 Å². The van der Waals surface area contributed by atoms with Gasteiger partial charge in [0, 0.05) is 11.4 Å². The zero-order chi connectivity index (χ0) is 13.0. The molecule has 0 saturated heterocycles. The second-order valence-corrected chi connectivity index (χ2v) is 5.86. The third kappa shape index (κ3) is 3.76. The molecule has 0 aliphatic rings. The summed E-state index contributed by atoms with van der Waals surface area (Å²) in [7, 11) is 0. The standard InChI is InChI=1S/C12H14FN3S2/c1-3-14-7-9-4-10(13)6-11(5-9)17-12-15-8(2)16-18-12/h4-6,14H,3,7H2,1-2H3. The van der Waals surface area contributed by atoms with E-state index in [0.29, 0.717) is 6.54 Å². The fourth-order valence-corrected chi connectivity index (χ4v) is 3.21. The van der Waals surface area contributed by atoms with Crippen LogP contribution in [0.2, 0.25) is 0 Å². The summed E-state index contributed by atoms with van der Waals surface area (Å²) in [5, 5.41) is 3.19. The molecule has 0 aliphatic carbocycles. The van der Waals surface area contributed by atoms with Crippen molar-refractivity contribution < 1.29 is 4.39 Å². The van der Waals surface area contributed by atoms with Crippen LogP contribution in [0.3, 0.4) is 0 Å². The van der Waals surface area contributed by atoms with Crippen molar-refractivity contribution in [3.05, 3.63) is 35.4 Å². The maximum Gasteiger partial charge on any atom is 0.174 e. The molecule has 1 heterocycles. The van der Waals surface area contributed by atoms with E-state index in [1.54, 1.807) is 6.07 Å². The first kappa shape index (κ1) is 13.5. The zero-order valence-electron chi connectivity index (χ0n) is 10.2. The number of nitrogens with zero attached hydrogens (tertiary/aromatic N) is 2. The van der Waals surface area contributed by atoms with Crippen molar-refractivity contribution in [1.29, 1.82) is 0 Å². The highest BCUT2D eigenvalue weighted by molar-refractivity contribution is 8.01. The number of benzene rings is 1. The van der Waals surface area contributed by atoms with Crippen LogP contribution in [0.1, 0.15) is 18.3 Å². The Hall–Kier alpha value is -0.980. The lowest BCUT2D eigenvalue weighted by Crippen LogP contribution is -2.11. The molecule has 0 amide bonds. The van der Waals surface area contributed by atoms with Crippen LogP contribution in [-0.2, 0) is 6.54 Å². The van der Waals surface area contributed by atoms with Gasteiger partial charge in [0.15, 0.2) is 4.34 Å². The van der Waals surface area contributed by atoms with E-state index in [1.807, 2.05) is 19.9 Å². The molecule has 0 atom stereocenters. The van der Waals surface area contributed by atoms with Crippen molar-refractivity contribution in [2.24, 2.45) is 0 Å². The summed E-state index contributed by atoms with van der Waals surface area (Å²) in [6, 6.07) is 5.06. The molecule has 0 radical (unpaired) electrons. The van der Waals surface area contributed by atoms with Crippen LogP contribution in [0, 0.1) is 12.7 Å². The quantitative estimate of drug-likeness (QED) is 0.914. The Balaban J connectivity index is 2.14. The normalized spacial score (nSPS) is 10.8. The number of hydrogen-bond acceptors (Lipinski definition) is 5. The molecule has 1 N–H and O–H groups in total. The summed E-state index contributed by atoms with van der Waals surface area (Å²) in [5.41, 5.74) is 0.945. The van der Waals surface area contributed by atoms with Crippen LogP contribution >= 0.6 is 23.3 Å². The molecule has 0 unspecified atom stereocenters. The third-order valence-corrected chi connectivity index (χ3v) is 4.04. The van der Waals surface area contributed by atoms with Crippen molar-refractivity contribution in [2.45, 2.75) is 29.6 Å². The van der Waals surface area contributed by atoms with Gasteiger partial charge >= 0.3 is 0 Å². The van der Waals surface area contributed by atoms with E-state index in [9.17, 15) is 4.39 Å². The van der Waals surface area contributed by atoms with Crippen molar-refractivity contribution in [2.75, 3.05) is 6.54 Å².